The minimum atomic E-state index is -0.629. The van der Waals surface area contributed by atoms with Crippen molar-refractivity contribution in [1.82, 2.24) is 29.5 Å². The van der Waals surface area contributed by atoms with Crippen molar-refractivity contribution in [2.75, 3.05) is 20.1 Å². The molecule has 0 spiro atoms. The number of carbonyl (C=O) groups excluding carboxylic acids is 1. The van der Waals surface area contributed by atoms with Crippen LogP contribution in [-0.4, -0.2) is 56.3 Å². The Labute approximate surface area is 212 Å². The van der Waals surface area contributed by atoms with Crippen molar-refractivity contribution >= 4 is 28.4 Å². The van der Waals surface area contributed by atoms with E-state index in [2.05, 4.69) is 15.3 Å². The SMILES string of the molecule is CN1CCC[C@@H](NC(=O)Cc2cn(-c3ccc4nn(C)c(Cl)c4c3)c(-c3ccc(C#N)c(F)c3)n2)C1. The second-order valence-corrected chi connectivity index (χ2v) is 9.55. The fourth-order valence-corrected chi connectivity index (χ4v) is 4.88. The Morgan fingerprint density at radius 3 is 2.86 bits per heavy atom. The Kier molecular flexibility index (Phi) is 6.48. The third-order valence-electron chi connectivity index (χ3n) is 6.46. The van der Waals surface area contributed by atoms with Gasteiger partial charge in [-0.2, -0.15) is 10.4 Å². The van der Waals surface area contributed by atoms with E-state index in [9.17, 15) is 9.18 Å². The molecule has 8 nitrogen and oxygen atoms in total. The first-order valence-electron chi connectivity index (χ1n) is 11.7. The molecule has 10 heteroatoms. The van der Waals surface area contributed by atoms with Gasteiger partial charge in [-0.15, -0.1) is 0 Å². The van der Waals surface area contributed by atoms with Gasteiger partial charge in [0.05, 0.1) is 23.2 Å². The third kappa shape index (κ3) is 4.70. The van der Waals surface area contributed by atoms with Crippen molar-refractivity contribution in [2.45, 2.75) is 25.3 Å². The van der Waals surface area contributed by atoms with Crippen LogP contribution in [0.5, 0.6) is 0 Å². The molecule has 3 heterocycles. The van der Waals surface area contributed by atoms with Crippen molar-refractivity contribution in [3.63, 3.8) is 0 Å². The molecule has 2 aromatic carbocycles. The van der Waals surface area contributed by atoms with Crippen LogP contribution in [-0.2, 0) is 18.3 Å². The van der Waals surface area contributed by atoms with E-state index in [4.69, 9.17) is 21.8 Å². The maximum absolute atomic E-state index is 14.5. The van der Waals surface area contributed by atoms with Crippen LogP contribution in [0.15, 0.2) is 42.6 Å². The summed E-state index contributed by atoms with van der Waals surface area (Å²) >= 11 is 6.43. The predicted octanol–water partition coefficient (Wildman–Crippen LogP) is 3.84. The molecule has 5 rings (SSSR count). The van der Waals surface area contributed by atoms with Crippen LogP contribution in [0, 0.1) is 17.1 Å². The molecule has 0 unspecified atom stereocenters. The highest BCUT2D eigenvalue weighted by molar-refractivity contribution is 6.34. The highest BCUT2D eigenvalue weighted by Gasteiger charge is 2.21. The molecule has 1 aliphatic heterocycles. The maximum Gasteiger partial charge on any atom is 0.226 e. The number of hydrogen-bond donors (Lipinski definition) is 1. The largest absolute Gasteiger partial charge is 0.352 e. The molecule has 0 bridgehead atoms. The van der Waals surface area contributed by atoms with Gasteiger partial charge in [-0.05, 0) is 62.8 Å². The van der Waals surface area contributed by atoms with Gasteiger partial charge in [-0.3, -0.25) is 14.0 Å². The Balaban J connectivity index is 1.51. The maximum atomic E-state index is 14.5. The van der Waals surface area contributed by atoms with Gasteiger partial charge in [0.15, 0.2) is 0 Å². The standard InChI is InChI=1S/C26H25ClFN7O/c1-33-9-3-4-18(14-33)30-24(36)11-19-15-35(20-7-8-23-21(12-20)25(27)34(2)32-23)26(31-19)16-5-6-17(13-29)22(28)10-16/h5-8,10,12,15,18H,3-4,9,11,14H2,1-2H3,(H,30,36)/t18-/m1/s1. The van der Waals surface area contributed by atoms with Gasteiger partial charge in [0.1, 0.15) is 22.9 Å². The van der Waals surface area contributed by atoms with Crippen LogP contribution in [0.25, 0.3) is 28.0 Å². The van der Waals surface area contributed by atoms with Gasteiger partial charge in [0, 0.05) is 42.5 Å². The molecular formula is C26H25ClFN7O. The van der Waals surface area contributed by atoms with Crippen molar-refractivity contribution in [3.05, 3.63) is 64.8 Å². The van der Waals surface area contributed by atoms with Gasteiger partial charge in [0.2, 0.25) is 5.91 Å². The topological polar surface area (TPSA) is 91.8 Å². The molecule has 0 saturated carbocycles. The summed E-state index contributed by atoms with van der Waals surface area (Å²) in [5.74, 6) is -0.280. The monoisotopic (exact) mass is 505 g/mol. The van der Waals surface area contributed by atoms with Gasteiger partial charge in [-0.1, -0.05) is 11.6 Å². The van der Waals surface area contributed by atoms with Crippen molar-refractivity contribution in [3.8, 4) is 23.1 Å². The third-order valence-corrected chi connectivity index (χ3v) is 6.91. The molecule has 0 aliphatic carbocycles. The number of carbonyl (C=O) groups is 1. The molecule has 36 heavy (non-hydrogen) atoms. The molecule has 1 aliphatic rings. The van der Waals surface area contributed by atoms with E-state index in [1.165, 1.54) is 12.1 Å². The van der Waals surface area contributed by atoms with Crippen molar-refractivity contribution < 1.29 is 9.18 Å². The molecule has 1 atom stereocenters. The van der Waals surface area contributed by atoms with E-state index in [1.54, 1.807) is 28.6 Å². The summed E-state index contributed by atoms with van der Waals surface area (Å²) in [4.78, 5) is 19.7. The average Bonchev–Trinajstić information content (AvgIpc) is 3.39. The number of piperidine rings is 1. The number of halogens is 2. The van der Waals surface area contributed by atoms with Crippen LogP contribution in [0.1, 0.15) is 24.1 Å². The highest BCUT2D eigenvalue weighted by atomic mass is 35.5. The number of rotatable bonds is 5. The van der Waals surface area contributed by atoms with Crippen LogP contribution in [0.3, 0.4) is 0 Å². The smallest absolute Gasteiger partial charge is 0.226 e. The summed E-state index contributed by atoms with van der Waals surface area (Å²) in [6, 6.07) is 11.9. The predicted molar refractivity (Wildman–Crippen MR) is 135 cm³/mol. The lowest BCUT2D eigenvalue weighted by molar-refractivity contribution is -0.121. The summed E-state index contributed by atoms with van der Waals surface area (Å²) in [5.41, 5.74) is 2.48. The zero-order chi connectivity index (χ0) is 25.4. The molecule has 4 aromatic rings. The lowest BCUT2D eigenvalue weighted by Crippen LogP contribution is -2.46. The summed E-state index contributed by atoms with van der Waals surface area (Å²) in [6.45, 7) is 1.86. The number of nitrogens with one attached hydrogen (secondary N) is 1. The first-order chi connectivity index (χ1) is 17.3. The lowest BCUT2D eigenvalue weighted by Gasteiger charge is -2.30. The van der Waals surface area contributed by atoms with Crippen LogP contribution >= 0.6 is 11.6 Å². The zero-order valence-electron chi connectivity index (χ0n) is 20.0. The normalized spacial score (nSPS) is 16.2. The van der Waals surface area contributed by atoms with Crippen LogP contribution in [0.2, 0.25) is 5.15 Å². The summed E-state index contributed by atoms with van der Waals surface area (Å²) in [6.07, 6.45) is 3.87. The molecule has 1 fully saturated rings. The summed E-state index contributed by atoms with van der Waals surface area (Å²) in [7, 11) is 3.82. The average molecular weight is 506 g/mol. The first kappa shape index (κ1) is 24.0. The van der Waals surface area contributed by atoms with Gasteiger partial charge < -0.3 is 10.2 Å². The van der Waals surface area contributed by atoms with E-state index in [0.717, 1.165) is 42.5 Å². The fraction of sp³-hybridized carbons (Fsp3) is 0.308. The summed E-state index contributed by atoms with van der Waals surface area (Å²) < 4.78 is 17.9. The number of nitriles is 1. The Morgan fingerprint density at radius 2 is 2.11 bits per heavy atom. The van der Waals surface area contributed by atoms with Crippen LogP contribution in [0.4, 0.5) is 4.39 Å². The van der Waals surface area contributed by atoms with Gasteiger partial charge >= 0.3 is 0 Å². The minimum Gasteiger partial charge on any atom is -0.352 e. The van der Waals surface area contributed by atoms with E-state index >= 15 is 0 Å². The first-order valence-corrected chi connectivity index (χ1v) is 12.1. The van der Waals surface area contributed by atoms with Crippen molar-refractivity contribution in [2.24, 2.45) is 7.05 Å². The summed E-state index contributed by atoms with van der Waals surface area (Å²) in [5, 5.41) is 17.9. The molecule has 184 valence electrons. The number of fused-ring (bicyclic) bond motifs is 1. The molecule has 1 N–H and O–H groups in total. The minimum absolute atomic E-state index is 0.0440. The van der Waals surface area contributed by atoms with E-state index < -0.39 is 5.82 Å². The number of benzene rings is 2. The zero-order valence-corrected chi connectivity index (χ0v) is 20.8. The van der Waals surface area contributed by atoms with E-state index in [-0.39, 0.29) is 23.9 Å². The van der Waals surface area contributed by atoms with Crippen LogP contribution < -0.4 is 5.32 Å². The van der Waals surface area contributed by atoms with Crippen molar-refractivity contribution in [1.29, 1.82) is 5.26 Å². The number of amides is 1. The Bertz CT molecular complexity index is 1500. The second-order valence-electron chi connectivity index (χ2n) is 9.19. The fourth-order valence-electron chi connectivity index (χ4n) is 4.69. The number of likely N-dealkylation sites (tertiary alicyclic amines) is 1. The molecule has 2 aromatic heterocycles. The number of imidazole rings is 1. The number of aromatic nitrogens is 4. The van der Waals surface area contributed by atoms with E-state index in [1.807, 2.05) is 31.3 Å². The van der Waals surface area contributed by atoms with Gasteiger partial charge in [-0.25, -0.2) is 9.37 Å². The number of hydrogen-bond acceptors (Lipinski definition) is 5. The highest BCUT2D eigenvalue weighted by Crippen LogP contribution is 2.29. The number of aryl methyl sites for hydroxylation is 1. The molecule has 1 amide bonds. The van der Waals surface area contributed by atoms with Gasteiger partial charge in [0.25, 0.3) is 0 Å². The number of nitrogens with zero attached hydrogens (tertiary/aromatic N) is 6. The lowest BCUT2D eigenvalue weighted by atomic mass is 10.1. The Morgan fingerprint density at radius 1 is 1.28 bits per heavy atom. The quantitative estimate of drug-likeness (QED) is 0.445. The molecule has 0 radical (unpaired) electrons. The Hall–Kier alpha value is -3.74. The number of likely N-dealkylation sites (N-methyl/N-ethyl adjacent to an activating group) is 1. The molecular weight excluding hydrogens is 481 g/mol. The molecule has 1 saturated heterocycles. The van der Waals surface area contributed by atoms with E-state index in [0.29, 0.717) is 22.2 Å². The second kappa shape index (κ2) is 9.72.